The van der Waals surface area contributed by atoms with E-state index in [2.05, 4.69) is 26.3 Å². The number of nitrogens with one attached hydrogen (secondary N) is 1. The van der Waals surface area contributed by atoms with Crippen LogP contribution in [0.15, 0.2) is 27.2 Å². The van der Waals surface area contributed by atoms with Crippen molar-refractivity contribution in [1.29, 1.82) is 0 Å². The lowest BCUT2D eigenvalue weighted by Gasteiger charge is -2.18. The van der Waals surface area contributed by atoms with Crippen molar-refractivity contribution in [2.45, 2.75) is 19.4 Å². The summed E-state index contributed by atoms with van der Waals surface area (Å²) >= 11 is 3.43. The molecule has 0 radical (unpaired) electrons. The van der Waals surface area contributed by atoms with Crippen LogP contribution in [0, 0.1) is 0 Å². The molecule has 0 saturated carbocycles. The number of aromatic nitrogens is 2. The zero-order valence-electron chi connectivity index (χ0n) is 15.6. The van der Waals surface area contributed by atoms with Gasteiger partial charge in [-0.15, -0.1) is 0 Å². The predicted molar refractivity (Wildman–Crippen MR) is 110 cm³/mol. The van der Waals surface area contributed by atoms with Crippen LogP contribution >= 0.6 is 15.9 Å². The van der Waals surface area contributed by atoms with E-state index >= 15 is 0 Å². The van der Waals surface area contributed by atoms with E-state index in [9.17, 15) is 13.2 Å². The van der Waals surface area contributed by atoms with Gasteiger partial charge in [-0.1, -0.05) is 0 Å². The number of carbonyl (C=O) groups is 1. The number of nitrogens with zero attached hydrogens (tertiary/aromatic N) is 3. The molecule has 1 aliphatic rings. The monoisotopic (exact) mass is 466 g/mol. The van der Waals surface area contributed by atoms with E-state index < -0.39 is 10.0 Å². The van der Waals surface area contributed by atoms with Crippen LogP contribution in [0.4, 0.5) is 5.69 Å². The third-order valence-electron chi connectivity index (χ3n) is 5.03. The van der Waals surface area contributed by atoms with Crippen LogP contribution in [-0.4, -0.2) is 44.5 Å². The maximum atomic E-state index is 12.7. The molecular weight excluding hydrogens is 448 g/mol. The molecule has 0 bridgehead atoms. The normalized spacial score (nSPS) is 13.7. The standard InChI is InChI=1S/C18H19BrN4O4S/c1-20-18(24)16-10-7-12(19)14(22(2)28(3,25)26)8-15(10)27-17(16)11-9-21-23-6-4-5-13(11)23/h7-9H,4-6H2,1-3H3,(H,20,24). The second-order valence-electron chi connectivity index (χ2n) is 6.75. The zero-order valence-corrected chi connectivity index (χ0v) is 18.0. The molecule has 8 nitrogen and oxygen atoms in total. The molecule has 4 rings (SSSR count). The van der Waals surface area contributed by atoms with Crippen LogP contribution in [-0.2, 0) is 23.0 Å². The number of hydrogen-bond acceptors (Lipinski definition) is 5. The summed E-state index contributed by atoms with van der Waals surface area (Å²) in [6, 6.07) is 3.34. The fraction of sp³-hybridized carbons (Fsp3) is 0.333. The van der Waals surface area contributed by atoms with Gasteiger partial charge in [0, 0.05) is 42.3 Å². The Balaban J connectivity index is 1.99. The minimum absolute atomic E-state index is 0.275. The largest absolute Gasteiger partial charge is 0.455 e. The summed E-state index contributed by atoms with van der Waals surface area (Å²) in [5.41, 5.74) is 3.10. The first kappa shape index (κ1) is 19.0. The SMILES string of the molecule is CNC(=O)c1c(-c2cnn3c2CCC3)oc2cc(N(C)S(C)(=O)=O)c(Br)cc12. The molecule has 0 atom stereocenters. The van der Waals surface area contributed by atoms with Crippen molar-refractivity contribution in [3.05, 3.63) is 34.1 Å². The average molecular weight is 467 g/mol. The fourth-order valence-corrected chi connectivity index (χ4v) is 4.75. The fourth-order valence-electron chi connectivity index (χ4n) is 3.52. The van der Waals surface area contributed by atoms with E-state index in [1.807, 2.05) is 4.68 Å². The Hall–Kier alpha value is -2.33. The maximum absolute atomic E-state index is 12.7. The lowest BCUT2D eigenvalue weighted by molar-refractivity contribution is 0.0964. The number of benzene rings is 1. The molecule has 148 valence electrons. The minimum atomic E-state index is -3.45. The molecule has 0 spiro atoms. The van der Waals surface area contributed by atoms with E-state index in [-0.39, 0.29) is 5.91 Å². The van der Waals surface area contributed by atoms with Gasteiger partial charge in [0.2, 0.25) is 10.0 Å². The maximum Gasteiger partial charge on any atom is 0.255 e. The highest BCUT2D eigenvalue weighted by atomic mass is 79.9. The van der Waals surface area contributed by atoms with Gasteiger partial charge in [-0.25, -0.2) is 8.42 Å². The van der Waals surface area contributed by atoms with Crippen LogP contribution in [0.25, 0.3) is 22.3 Å². The molecule has 0 aliphatic carbocycles. The van der Waals surface area contributed by atoms with Crippen LogP contribution in [0.3, 0.4) is 0 Å². The molecule has 1 aliphatic heterocycles. The molecule has 0 fully saturated rings. The van der Waals surface area contributed by atoms with Gasteiger partial charge in [0.15, 0.2) is 5.76 Å². The summed E-state index contributed by atoms with van der Waals surface area (Å²) in [5, 5.41) is 7.66. The molecule has 28 heavy (non-hydrogen) atoms. The molecule has 1 amide bonds. The number of furan rings is 1. The van der Waals surface area contributed by atoms with E-state index in [0.29, 0.717) is 32.5 Å². The highest BCUT2D eigenvalue weighted by Gasteiger charge is 2.28. The van der Waals surface area contributed by atoms with Gasteiger partial charge in [-0.2, -0.15) is 5.10 Å². The quantitative estimate of drug-likeness (QED) is 0.637. The van der Waals surface area contributed by atoms with E-state index in [1.165, 1.54) is 7.05 Å². The van der Waals surface area contributed by atoms with Crippen LogP contribution in [0.1, 0.15) is 22.5 Å². The summed E-state index contributed by atoms with van der Waals surface area (Å²) in [5.74, 6) is 0.173. The molecule has 3 heterocycles. The Labute approximate surface area is 170 Å². The number of amides is 1. The van der Waals surface area contributed by atoms with Crippen molar-refractivity contribution >= 4 is 48.5 Å². The molecular formula is C18H19BrN4O4S. The number of halogens is 1. The van der Waals surface area contributed by atoms with Crippen LogP contribution in [0.2, 0.25) is 0 Å². The molecule has 0 saturated heterocycles. The molecule has 3 aromatic rings. The number of carbonyl (C=O) groups excluding carboxylic acids is 1. The molecule has 0 unspecified atom stereocenters. The summed E-state index contributed by atoms with van der Waals surface area (Å²) in [4.78, 5) is 12.7. The smallest absolute Gasteiger partial charge is 0.255 e. The van der Waals surface area contributed by atoms with E-state index in [0.717, 1.165) is 41.2 Å². The Morgan fingerprint density at radius 1 is 1.39 bits per heavy atom. The summed E-state index contributed by atoms with van der Waals surface area (Å²) in [6.07, 6.45) is 4.71. The van der Waals surface area contributed by atoms with Gasteiger partial charge in [0.25, 0.3) is 5.91 Å². The van der Waals surface area contributed by atoms with Gasteiger partial charge in [-0.3, -0.25) is 13.8 Å². The Kier molecular flexibility index (Phi) is 4.50. The molecule has 1 aromatic carbocycles. The van der Waals surface area contributed by atoms with Crippen molar-refractivity contribution in [3.63, 3.8) is 0 Å². The Morgan fingerprint density at radius 2 is 2.14 bits per heavy atom. The Morgan fingerprint density at radius 3 is 2.82 bits per heavy atom. The van der Waals surface area contributed by atoms with E-state index in [4.69, 9.17) is 4.42 Å². The van der Waals surface area contributed by atoms with Gasteiger partial charge in [0.1, 0.15) is 5.58 Å². The van der Waals surface area contributed by atoms with Crippen molar-refractivity contribution in [2.75, 3.05) is 24.7 Å². The van der Waals surface area contributed by atoms with Crippen LogP contribution in [0.5, 0.6) is 0 Å². The van der Waals surface area contributed by atoms with Crippen LogP contribution < -0.4 is 9.62 Å². The molecule has 2 aromatic heterocycles. The predicted octanol–water partition coefficient (Wildman–Crippen LogP) is 2.76. The number of aryl methyl sites for hydroxylation is 1. The van der Waals surface area contributed by atoms with Gasteiger partial charge in [0.05, 0.1) is 29.3 Å². The lowest BCUT2D eigenvalue weighted by Crippen LogP contribution is -2.25. The second-order valence-corrected chi connectivity index (χ2v) is 9.62. The molecule has 10 heteroatoms. The highest BCUT2D eigenvalue weighted by molar-refractivity contribution is 9.10. The van der Waals surface area contributed by atoms with Crippen molar-refractivity contribution in [3.8, 4) is 11.3 Å². The summed E-state index contributed by atoms with van der Waals surface area (Å²) in [7, 11) is -0.422. The summed E-state index contributed by atoms with van der Waals surface area (Å²) < 4.78 is 33.7. The molecule has 1 N–H and O–H groups in total. The minimum Gasteiger partial charge on any atom is -0.455 e. The van der Waals surface area contributed by atoms with Gasteiger partial charge in [-0.05, 0) is 34.8 Å². The first-order chi connectivity index (χ1) is 13.2. The topological polar surface area (TPSA) is 97.4 Å². The lowest BCUT2D eigenvalue weighted by atomic mass is 10.0. The average Bonchev–Trinajstić information content (AvgIpc) is 3.32. The third kappa shape index (κ3) is 2.91. The first-order valence-electron chi connectivity index (χ1n) is 8.69. The highest BCUT2D eigenvalue weighted by Crippen LogP contribution is 2.41. The number of hydrogen-bond donors (Lipinski definition) is 1. The first-order valence-corrected chi connectivity index (χ1v) is 11.3. The third-order valence-corrected chi connectivity index (χ3v) is 6.85. The van der Waals surface area contributed by atoms with Gasteiger partial charge < -0.3 is 9.73 Å². The van der Waals surface area contributed by atoms with Crippen molar-refractivity contribution in [2.24, 2.45) is 0 Å². The number of anilines is 1. The van der Waals surface area contributed by atoms with Gasteiger partial charge >= 0.3 is 0 Å². The number of rotatable bonds is 4. The second kappa shape index (κ2) is 6.63. The number of sulfonamides is 1. The Bertz CT molecular complexity index is 1210. The van der Waals surface area contributed by atoms with Crippen molar-refractivity contribution in [1.82, 2.24) is 15.1 Å². The van der Waals surface area contributed by atoms with E-state index in [1.54, 1.807) is 25.4 Å². The zero-order chi connectivity index (χ0) is 20.2. The number of fused-ring (bicyclic) bond motifs is 2. The summed E-state index contributed by atoms with van der Waals surface area (Å²) in [6.45, 7) is 0.847. The van der Waals surface area contributed by atoms with Crippen molar-refractivity contribution < 1.29 is 17.6 Å².